The SMILES string of the molecule is CC(=C1c2ccccc2-c2ccccc21)c1ccc(C)cc1. The van der Waals surface area contributed by atoms with E-state index in [2.05, 4.69) is 86.6 Å². The number of fused-ring (bicyclic) bond motifs is 3. The molecule has 4 rings (SSSR count). The van der Waals surface area contributed by atoms with Gasteiger partial charge >= 0.3 is 0 Å². The highest BCUT2D eigenvalue weighted by molar-refractivity contribution is 6.09. The summed E-state index contributed by atoms with van der Waals surface area (Å²) in [5.74, 6) is 0. The fourth-order valence-corrected chi connectivity index (χ4v) is 3.37. The number of hydrogen-bond acceptors (Lipinski definition) is 0. The van der Waals surface area contributed by atoms with Gasteiger partial charge in [0.05, 0.1) is 0 Å². The van der Waals surface area contributed by atoms with Crippen LogP contribution in [0, 0.1) is 6.92 Å². The first-order valence-electron chi connectivity index (χ1n) is 7.73. The van der Waals surface area contributed by atoms with Crippen molar-refractivity contribution in [1.82, 2.24) is 0 Å². The van der Waals surface area contributed by atoms with Gasteiger partial charge in [0.25, 0.3) is 0 Å². The number of benzene rings is 3. The zero-order valence-corrected chi connectivity index (χ0v) is 12.9. The molecule has 1 aliphatic rings. The van der Waals surface area contributed by atoms with E-state index in [-0.39, 0.29) is 0 Å². The van der Waals surface area contributed by atoms with Crippen LogP contribution < -0.4 is 0 Å². The zero-order valence-electron chi connectivity index (χ0n) is 12.9. The molecule has 0 aliphatic heterocycles. The van der Waals surface area contributed by atoms with E-state index in [1.807, 2.05) is 0 Å². The van der Waals surface area contributed by atoms with E-state index in [1.165, 1.54) is 44.5 Å². The average molecular weight is 282 g/mol. The number of aryl methyl sites for hydroxylation is 1. The Bertz CT molecular complexity index is 832. The topological polar surface area (TPSA) is 0 Å². The minimum Gasteiger partial charge on any atom is -0.0616 e. The number of rotatable bonds is 1. The standard InChI is InChI=1S/C22H18/c1-15-11-13-17(14-12-15)16(2)22-20-9-5-3-7-18(20)19-8-4-6-10-21(19)22/h3-14H,1-2H3. The summed E-state index contributed by atoms with van der Waals surface area (Å²) in [6, 6.07) is 26.3. The van der Waals surface area contributed by atoms with Crippen molar-refractivity contribution >= 4 is 11.1 Å². The summed E-state index contributed by atoms with van der Waals surface area (Å²) in [6.45, 7) is 4.37. The molecule has 0 aromatic heterocycles. The van der Waals surface area contributed by atoms with Gasteiger partial charge in [0.2, 0.25) is 0 Å². The van der Waals surface area contributed by atoms with Crippen LogP contribution >= 0.6 is 0 Å². The Morgan fingerprint density at radius 1 is 0.591 bits per heavy atom. The molecule has 0 nitrogen and oxygen atoms in total. The van der Waals surface area contributed by atoms with Gasteiger partial charge in [-0.25, -0.2) is 0 Å². The lowest BCUT2D eigenvalue weighted by atomic mass is 9.94. The van der Waals surface area contributed by atoms with Crippen LogP contribution in [0.25, 0.3) is 22.3 Å². The molecule has 0 amide bonds. The van der Waals surface area contributed by atoms with Crippen LogP contribution in [0.4, 0.5) is 0 Å². The summed E-state index contributed by atoms with van der Waals surface area (Å²) in [6.07, 6.45) is 0. The van der Waals surface area contributed by atoms with Gasteiger partial charge in [-0.1, -0.05) is 78.4 Å². The quantitative estimate of drug-likeness (QED) is 0.404. The van der Waals surface area contributed by atoms with Gasteiger partial charge in [0, 0.05) is 0 Å². The molecule has 0 atom stereocenters. The van der Waals surface area contributed by atoms with Crippen molar-refractivity contribution in [1.29, 1.82) is 0 Å². The van der Waals surface area contributed by atoms with Crippen LogP contribution in [0.15, 0.2) is 72.8 Å². The van der Waals surface area contributed by atoms with Gasteiger partial charge in [-0.3, -0.25) is 0 Å². The van der Waals surface area contributed by atoms with E-state index in [0.29, 0.717) is 0 Å². The third kappa shape index (κ3) is 1.92. The van der Waals surface area contributed by atoms with Crippen LogP contribution in [0.5, 0.6) is 0 Å². The van der Waals surface area contributed by atoms with E-state index in [4.69, 9.17) is 0 Å². The monoisotopic (exact) mass is 282 g/mol. The minimum atomic E-state index is 1.30. The van der Waals surface area contributed by atoms with E-state index >= 15 is 0 Å². The zero-order chi connectivity index (χ0) is 15.1. The fraction of sp³-hybridized carbons (Fsp3) is 0.0909. The molecule has 3 aromatic carbocycles. The van der Waals surface area contributed by atoms with Crippen LogP contribution in [0.3, 0.4) is 0 Å². The first-order valence-corrected chi connectivity index (χ1v) is 7.73. The molecule has 0 saturated carbocycles. The van der Waals surface area contributed by atoms with Crippen LogP contribution in [0.1, 0.15) is 29.2 Å². The van der Waals surface area contributed by atoms with E-state index < -0.39 is 0 Å². The lowest BCUT2D eigenvalue weighted by Crippen LogP contribution is -1.88. The Labute approximate surface area is 131 Å². The molecular formula is C22H18. The summed E-state index contributed by atoms with van der Waals surface area (Å²) in [5, 5.41) is 0. The lowest BCUT2D eigenvalue weighted by Gasteiger charge is -2.10. The third-order valence-electron chi connectivity index (χ3n) is 4.54. The summed E-state index contributed by atoms with van der Waals surface area (Å²) < 4.78 is 0. The molecule has 106 valence electrons. The van der Waals surface area contributed by atoms with E-state index in [9.17, 15) is 0 Å². The second-order valence-corrected chi connectivity index (χ2v) is 5.96. The predicted molar refractivity (Wildman–Crippen MR) is 94.6 cm³/mol. The summed E-state index contributed by atoms with van der Waals surface area (Å²) in [5.41, 5.74) is 10.7. The first kappa shape index (κ1) is 13.1. The Balaban J connectivity index is 2.02. The highest BCUT2D eigenvalue weighted by Gasteiger charge is 2.24. The second kappa shape index (κ2) is 4.99. The Hall–Kier alpha value is -2.60. The molecule has 0 heteroatoms. The molecule has 1 aliphatic carbocycles. The van der Waals surface area contributed by atoms with Gasteiger partial charge in [-0.15, -0.1) is 0 Å². The van der Waals surface area contributed by atoms with Gasteiger partial charge in [0.15, 0.2) is 0 Å². The average Bonchev–Trinajstić information content (AvgIpc) is 2.89. The third-order valence-corrected chi connectivity index (χ3v) is 4.54. The molecule has 0 bridgehead atoms. The van der Waals surface area contributed by atoms with Crippen molar-refractivity contribution in [3.8, 4) is 11.1 Å². The summed E-state index contributed by atoms with van der Waals surface area (Å²) >= 11 is 0. The summed E-state index contributed by atoms with van der Waals surface area (Å²) in [7, 11) is 0. The smallest absolute Gasteiger partial charge is 0.00637 e. The van der Waals surface area contributed by atoms with Gasteiger partial charge in [-0.05, 0) is 52.8 Å². The van der Waals surface area contributed by atoms with Gasteiger partial charge in [-0.2, -0.15) is 0 Å². The van der Waals surface area contributed by atoms with Crippen LogP contribution in [0.2, 0.25) is 0 Å². The van der Waals surface area contributed by atoms with Gasteiger partial charge < -0.3 is 0 Å². The lowest BCUT2D eigenvalue weighted by molar-refractivity contribution is 1.44. The maximum Gasteiger partial charge on any atom is -0.00637 e. The molecule has 3 aromatic rings. The summed E-state index contributed by atoms with van der Waals surface area (Å²) in [4.78, 5) is 0. The molecule has 0 spiro atoms. The first-order chi connectivity index (χ1) is 10.8. The minimum absolute atomic E-state index is 1.30. The molecule has 22 heavy (non-hydrogen) atoms. The normalized spacial score (nSPS) is 12.0. The Morgan fingerprint density at radius 3 is 1.55 bits per heavy atom. The van der Waals surface area contributed by atoms with Crippen LogP contribution in [-0.2, 0) is 0 Å². The Kier molecular flexibility index (Phi) is 2.97. The fourth-order valence-electron chi connectivity index (χ4n) is 3.37. The maximum atomic E-state index is 2.24. The molecule has 0 heterocycles. The molecule has 0 unspecified atom stereocenters. The molecular weight excluding hydrogens is 264 g/mol. The van der Waals surface area contributed by atoms with Crippen molar-refractivity contribution in [3.63, 3.8) is 0 Å². The number of hydrogen-bond donors (Lipinski definition) is 0. The van der Waals surface area contributed by atoms with Crippen molar-refractivity contribution in [3.05, 3.63) is 95.1 Å². The van der Waals surface area contributed by atoms with Gasteiger partial charge in [0.1, 0.15) is 0 Å². The van der Waals surface area contributed by atoms with Crippen molar-refractivity contribution in [2.45, 2.75) is 13.8 Å². The highest BCUT2D eigenvalue weighted by atomic mass is 14.3. The van der Waals surface area contributed by atoms with Crippen LogP contribution in [-0.4, -0.2) is 0 Å². The molecule has 0 N–H and O–H groups in total. The maximum absolute atomic E-state index is 2.24. The van der Waals surface area contributed by atoms with Crippen molar-refractivity contribution in [2.24, 2.45) is 0 Å². The van der Waals surface area contributed by atoms with Crippen molar-refractivity contribution < 1.29 is 0 Å². The highest BCUT2D eigenvalue weighted by Crippen LogP contribution is 2.46. The largest absolute Gasteiger partial charge is 0.0616 e. The number of allylic oxidation sites excluding steroid dienone is 1. The Morgan fingerprint density at radius 2 is 1.05 bits per heavy atom. The second-order valence-electron chi connectivity index (χ2n) is 5.96. The van der Waals surface area contributed by atoms with Crippen molar-refractivity contribution in [2.75, 3.05) is 0 Å². The van der Waals surface area contributed by atoms with E-state index in [1.54, 1.807) is 0 Å². The predicted octanol–water partition coefficient (Wildman–Crippen LogP) is 5.95. The molecule has 0 saturated heterocycles. The molecule has 0 fully saturated rings. The molecule has 0 radical (unpaired) electrons. The van der Waals surface area contributed by atoms with E-state index in [0.717, 1.165) is 0 Å².